The van der Waals surface area contributed by atoms with Crippen molar-refractivity contribution in [1.29, 1.82) is 5.26 Å². The van der Waals surface area contributed by atoms with E-state index >= 15 is 0 Å². The van der Waals surface area contributed by atoms with Gasteiger partial charge in [-0.2, -0.15) is 5.26 Å². The smallest absolute Gasteiger partial charge is 0.140 e. The Kier molecular flexibility index (Phi) is 5.74. The van der Waals surface area contributed by atoms with Gasteiger partial charge in [0.2, 0.25) is 0 Å². The van der Waals surface area contributed by atoms with Gasteiger partial charge in [0, 0.05) is 32.0 Å². The molecule has 1 aromatic heterocycles. The lowest BCUT2D eigenvalue weighted by Gasteiger charge is -2.19. The molecule has 0 saturated carbocycles. The minimum Gasteiger partial charge on any atom is -0.375 e. The van der Waals surface area contributed by atoms with Crippen molar-refractivity contribution in [2.45, 2.75) is 13.0 Å². The maximum Gasteiger partial charge on any atom is 0.140 e. The molecule has 1 heterocycles. The molecule has 4 heteroatoms. The summed E-state index contributed by atoms with van der Waals surface area (Å²) in [5, 5.41) is 12.2. The van der Waals surface area contributed by atoms with Crippen molar-refractivity contribution in [3.63, 3.8) is 0 Å². The fourth-order valence-electron chi connectivity index (χ4n) is 2.13. The number of rotatable bonds is 7. The van der Waals surface area contributed by atoms with E-state index in [2.05, 4.69) is 52.6 Å². The van der Waals surface area contributed by atoms with Crippen LogP contribution in [0.4, 0.5) is 5.69 Å². The zero-order chi connectivity index (χ0) is 14.9. The SMILES string of the molecule is CN(CCCNCc1ccnc(C#N)c1)c1ccccc1. The summed E-state index contributed by atoms with van der Waals surface area (Å²) in [6.45, 7) is 2.73. The molecule has 2 rings (SSSR count). The van der Waals surface area contributed by atoms with Crippen molar-refractivity contribution in [3.8, 4) is 6.07 Å². The third-order valence-corrected chi connectivity index (χ3v) is 3.31. The van der Waals surface area contributed by atoms with Crippen LogP contribution in [-0.4, -0.2) is 25.1 Å². The predicted octanol–water partition coefficient (Wildman–Crippen LogP) is 2.57. The molecule has 108 valence electrons. The second-order valence-corrected chi connectivity index (χ2v) is 4.95. The first-order chi connectivity index (χ1) is 10.3. The standard InChI is InChI=1S/C17H20N4/c1-21(17-6-3-2-4-7-17)11-5-9-19-14-15-8-10-20-16(12-15)13-18/h2-4,6-8,10,12,19H,5,9,11,14H2,1H3. The Morgan fingerprint density at radius 3 is 2.81 bits per heavy atom. The lowest BCUT2D eigenvalue weighted by atomic mass is 10.2. The number of nitrogens with zero attached hydrogens (tertiary/aromatic N) is 3. The Morgan fingerprint density at radius 1 is 1.24 bits per heavy atom. The summed E-state index contributed by atoms with van der Waals surface area (Å²) in [7, 11) is 2.11. The molecule has 0 bridgehead atoms. The molecule has 0 aliphatic carbocycles. The Hall–Kier alpha value is -2.38. The fraction of sp³-hybridized carbons (Fsp3) is 0.294. The lowest BCUT2D eigenvalue weighted by Crippen LogP contribution is -2.23. The molecule has 0 saturated heterocycles. The van der Waals surface area contributed by atoms with E-state index in [4.69, 9.17) is 5.26 Å². The number of nitrogens with one attached hydrogen (secondary N) is 1. The van der Waals surface area contributed by atoms with Gasteiger partial charge >= 0.3 is 0 Å². The molecule has 0 aliphatic heterocycles. The van der Waals surface area contributed by atoms with E-state index in [1.54, 1.807) is 6.20 Å². The molecule has 0 unspecified atom stereocenters. The Morgan fingerprint density at radius 2 is 2.05 bits per heavy atom. The summed E-state index contributed by atoms with van der Waals surface area (Å²) < 4.78 is 0. The average Bonchev–Trinajstić information content (AvgIpc) is 2.55. The van der Waals surface area contributed by atoms with E-state index in [-0.39, 0.29) is 0 Å². The van der Waals surface area contributed by atoms with E-state index < -0.39 is 0 Å². The average molecular weight is 280 g/mol. The second-order valence-electron chi connectivity index (χ2n) is 4.95. The highest BCUT2D eigenvalue weighted by Gasteiger charge is 1.99. The van der Waals surface area contributed by atoms with Crippen LogP contribution in [0, 0.1) is 11.3 Å². The Labute approximate surface area is 126 Å². The molecule has 0 amide bonds. The predicted molar refractivity (Wildman–Crippen MR) is 85.0 cm³/mol. The number of anilines is 1. The van der Waals surface area contributed by atoms with Crippen molar-refractivity contribution in [3.05, 3.63) is 59.9 Å². The maximum absolute atomic E-state index is 8.80. The number of aromatic nitrogens is 1. The third kappa shape index (κ3) is 4.90. The Bertz CT molecular complexity index is 589. The van der Waals surface area contributed by atoms with Gasteiger partial charge in [0.25, 0.3) is 0 Å². The minimum atomic E-state index is 0.470. The van der Waals surface area contributed by atoms with Gasteiger partial charge in [0.05, 0.1) is 0 Å². The first-order valence-electron chi connectivity index (χ1n) is 7.11. The zero-order valence-corrected chi connectivity index (χ0v) is 12.3. The number of para-hydroxylation sites is 1. The highest BCUT2D eigenvalue weighted by Crippen LogP contribution is 2.10. The largest absolute Gasteiger partial charge is 0.375 e. The molecule has 21 heavy (non-hydrogen) atoms. The molecule has 4 nitrogen and oxygen atoms in total. The van der Waals surface area contributed by atoms with E-state index in [9.17, 15) is 0 Å². The van der Waals surface area contributed by atoms with E-state index in [0.717, 1.165) is 31.6 Å². The van der Waals surface area contributed by atoms with Crippen LogP contribution in [0.15, 0.2) is 48.7 Å². The molecule has 0 radical (unpaired) electrons. The van der Waals surface area contributed by atoms with Crippen LogP contribution in [-0.2, 0) is 6.54 Å². The van der Waals surface area contributed by atoms with Crippen LogP contribution < -0.4 is 10.2 Å². The number of nitriles is 1. The number of benzene rings is 1. The van der Waals surface area contributed by atoms with Gasteiger partial charge in [-0.15, -0.1) is 0 Å². The number of hydrogen-bond donors (Lipinski definition) is 1. The van der Waals surface area contributed by atoms with E-state index in [1.165, 1.54) is 5.69 Å². The van der Waals surface area contributed by atoms with Crippen LogP contribution in [0.2, 0.25) is 0 Å². The van der Waals surface area contributed by atoms with Crippen molar-refractivity contribution in [2.75, 3.05) is 25.0 Å². The first kappa shape index (κ1) is 15.0. The van der Waals surface area contributed by atoms with Gasteiger partial charge in [-0.1, -0.05) is 18.2 Å². The fourth-order valence-corrected chi connectivity index (χ4v) is 2.13. The molecule has 0 spiro atoms. The molecule has 0 aliphatic rings. The van der Waals surface area contributed by atoms with E-state index in [1.807, 2.05) is 18.2 Å². The van der Waals surface area contributed by atoms with Crippen LogP contribution >= 0.6 is 0 Å². The normalized spacial score (nSPS) is 10.1. The number of pyridine rings is 1. The van der Waals surface area contributed by atoms with E-state index in [0.29, 0.717) is 5.69 Å². The highest BCUT2D eigenvalue weighted by molar-refractivity contribution is 5.44. The van der Waals surface area contributed by atoms with Gasteiger partial charge in [-0.25, -0.2) is 4.98 Å². The minimum absolute atomic E-state index is 0.470. The van der Waals surface area contributed by atoms with Crippen LogP contribution in [0.1, 0.15) is 17.7 Å². The topological polar surface area (TPSA) is 52.0 Å². The van der Waals surface area contributed by atoms with Crippen molar-refractivity contribution >= 4 is 5.69 Å². The summed E-state index contributed by atoms with van der Waals surface area (Å²) in [5.74, 6) is 0. The second kappa shape index (κ2) is 8.03. The summed E-state index contributed by atoms with van der Waals surface area (Å²) >= 11 is 0. The summed E-state index contributed by atoms with van der Waals surface area (Å²) in [5.41, 5.74) is 2.81. The third-order valence-electron chi connectivity index (χ3n) is 3.31. The van der Waals surface area contributed by atoms with Gasteiger partial charge in [-0.05, 0) is 42.8 Å². The lowest BCUT2D eigenvalue weighted by molar-refractivity contribution is 0.645. The van der Waals surface area contributed by atoms with Crippen molar-refractivity contribution < 1.29 is 0 Å². The molecular formula is C17H20N4. The van der Waals surface area contributed by atoms with Crippen LogP contribution in [0.25, 0.3) is 0 Å². The monoisotopic (exact) mass is 280 g/mol. The van der Waals surface area contributed by atoms with Gasteiger partial charge < -0.3 is 10.2 Å². The maximum atomic E-state index is 8.80. The summed E-state index contributed by atoms with van der Waals surface area (Å²) in [6, 6.07) is 16.2. The first-order valence-corrected chi connectivity index (χ1v) is 7.11. The zero-order valence-electron chi connectivity index (χ0n) is 12.3. The molecule has 1 aromatic carbocycles. The molecular weight excluding hydrogens is 260 g/mol. The molecule has 2 aromatic rings. The van der Waals surface area contributed by atoms with Crippen molar-refractivity contribution in [2.24, 2.45) is 0 Å². The van der Waals surface area contributed by atoms with Crippen LogP contribution in [0.3, 0.4) is 0 Å². The molecule has 0 atom stereocenters. The van der Waals surface area contributed by atoms with Crippen LogP contribution in [0.5, 0.6) is 0 Å². The highest BCUT2D eigenvalue weighted by atomic mass is 15.1. The molecule has 1 N–H and O–H groups in total. The number of hydrogen-bond acceptors (Lipinski definition) is 4. The Balaban J connectivity index is 1.67. The molecule has 0 fully saturated rings. The summed E-state index contributed by atoms with van der Waals surface area (Å²) in [4.78, 5) is 6.22. The van der Waals surface area contributed by atoms with Gasteiger partial charge in [0.1, 0.15) is 11.8 Å². The van der Waals surface area contributed by atoms with Gasteiger partial charge in [0.15, 0.2) is 0 Å². The quantitative estimate of drug-likeness (QED) is 0.792. The van der Waals surface area contributed by atoms with Crippen molar-refractivity contribution in [1.82, 2.24) is 10.3 Å². The summed E-state index contributed by atoms with van der Waals surface area (Å²) in [6.07, 6.45) is 2.75. The van der Waals surface area contributed by atoms with Gasteiger partial charge in [-0.3, -0.25) is 0 Å².